The number of aromatic nitrogens is 1. The molecule has 0 spiro atoms. The van der Waals surface area contributed by atoms with E-state index >= 15 is 0 Å². The number of aryl methyl sites for hydroxylation is 1. The number of fused-ring (bicyclic) bond motifs is 1. The molecule has 0 aromatic carbocycles. The molecule has 1 aromatic heterocycles. The van der Waals surface area contributed by atoms with Gasteiger partial charge < -0.3 is 14.4 Å². The Morgan fingerprint density at radius 2 is 1.97 bits per heavy atom. The van der Waals surface area contributed by atoms with Crippen molar-refractivity contribution in [3.63, 3.8) is 0 Å². The monoisotopic (exact) mass is 439 g/mol. The quantitative estimate of drug-likeness (QED) is 0.514. The Morgan fingerprint density at radius 1 is 1.12 bits per heavy atom. The minimum absolute atomic E-state index is 0.257. The zero-order valence-corrected chi connectivity index (χ0v) is 19.8. The van der Waals surface area contributed by atoms with E-state index in [-0.39, 0.29) is 12.5 Å². The van der Waals surface area contributed by atoms with Gasteiger partial charge in [0.15, 0.2) is 0 Å². The third-order valence-corrected chi connectivity index (χ3v) is 7.68. The molecular formula is C28H41NO3. The Labute approximate surface area is 193 Å². The highest BCUT2D eigenvalue weighted by molar-refractivity contribution is 5.66. The Morgan fingerprint density at radius 3 is 2.69 bits per heavy atom. The van der Waals surface area contributed by atoms with E-state index in [0.717, 1.165) is 51.0 Å². The van der Waals surface area contributed by atoms with Gasteiger partial charge in [-0.25, -0.2) is 0 Å². The van der Waals surface area contributed by atoms with Crippen molar-refractivity contribution < 1.29 is 14.6 Å². The van der Waals surface area contributed by atoms with Gasteiger partial charge in [-0.3, -0.25) is 4.79 Å². The molecule has 0 bridgehead atoms. The molecule has 1 aromatic rings. The maximum Gasteiger partial charge on any atom is 0.303 e. The van der Waals surface area contributed by atoms with Crippen molar-refractivity contribution in [1.82, 2.24) is 4.57 Å². The molecule has 3 aliphatic rings. The summed E-state index contributed by atoms with van der Waals surface area (Å²) in [5, 5.41) is 11.9. The number of hydrogen-bond donors (Lipinski definition) is 1. The molecule has 3 unspecified atom stereocenters. The fourth-order valence-electron chi connectivity index (χ4n) is 5.82. The molecule has 0 saturated heterocycles. The van der Waals surface area contributed by atoms with E-state index in [4.69, 9.17) is 9.84 Å². The summed E-state index contributed by atoms with van der Waals surface area (Å²) >= 11 is 0. The van der Waals surface area contributed by atoms with E-state index in [1.165, 1.54) is 54.7 Å². The highest BCUT2D eigenvalue weighted by atomic mass is 16.5. The number of allylic oxidation sites excluding steroid dienone is 1. The van der Waals surface area contributed by atoms with E-state index in [2.05, 4.69) is 42.0 Å². The van der Waals surface area contributed by atoms with Crippen molar-refractivity contribution in [1.29, 1.82) is 0 Å². The second-order valence-corrected chi connectivity index (χ2v) is 10.1. The minimum atomic E-state index is -0.688. The number of nitrogens with zero attached hydrogens (tertiary/aromatic N) is 1. The molecule has 1 saturated carbocycles. The van der Waals surface area contributed by atoms with Crippen LogP contribution >= 0.6 is 0 Å². The molecule has 1 N–H and O–H groups in total. The lowest BCUT2D eigenvalue weighted by atomic mass is 9.85. The Bertz CT molecular complexity index is 906. The fourth-order valence-corrected chi connectivity index (χ4v) is 5.82. The largest absolute Gasteiger partial charge is 0.481 e. The number of carbonyl (C=O) groups is 1. The maximum atomic E-state index is 11.1. The second-order valence-electron chi connectivity index (χ2n) is 10.1. The summed E-state index contributed by atoms with van der Waals surface area (Å²) in [5.74, 6) is 0.534. The van der Waals surface area contributed by atoms with Crippen molar-refractivity contribution in [2.24, 2.45) is 11.8 Å². The van der Waals surface area contributed by atoms with Gasteiger partial charge in [0, 0.05) is 24.6 Å². The predicted octanol–water partition coefficient (Wildman–Crippen LogP) is 5.13. The van der Waals surface area contributed by atoms with E-state index in [9.17, 15) is 4.79 Å². The predicted molar refractivity (Wildman–Crippen MR) is 130 cm³/mol. The fraction of sp³-hybridized carbons (Fsp3) is 0.679. The molecule has 176 valence electrons. The average Bonchev–Trinajstić information content (AvgIpc) is 3.19. The van der Waals surface area contributed by atoms with E-state index in [0.29, 0.717) is 12.0 Å². The SMILES string of the molecule is CCCOC1C=CC(n2cc(CCC3CCCCC3)c3c2=CCC(CCC(=O)O)C=3)CC1. The third-order valence-electron chi connectivity index (χ3n) is 7.68. The molecule has 4 heteroatoms. The lowest BCUT2D eigenvalue weighted by Gasteiger charge is -2.25. The molecule has 0 radical (unpaired) electrons. The van der Waals surface area contributed by atoms with Gasteiger partial charge in [0.25, 0.3) is 0 Å². The van der Waals surface area contributed by atoms with Crippen LogP contribution in [0.25, 0.3) is 12.2 Å². The van der Waals surface area contributed by atoms with Crippen LogP contribution in [-0.2, 0) is 16.0 Å². The zero-order valence-electron chi connectivity index (χ0n) is 19.8. The maximum absolute atomic E-state index is 11.1. The normalized spacial score (nSPS) is 25.7. The number of carboxylic acids is 1. The smallest absolute Gasteiger partial charge is 0.303 e. The van der Waals surface area contributed by atoms with Crippen LogP contribution in [0.2, 0.25) is 0 Å². The Balaban J connectivity index is 1.55. The molecule has 3 aliphatic carbocycles. The Kier molecular flexibility index (Phi) is 8.29. The van der Waals surface area contributed by atoms with Crippen LogP contribution in [0.4, 0.5) is 0 Å². The molecular weight excluding hydrogens is 398 g/mol. The van der Waals surface area contributed by atoms with Crippen LogP contribution in [0.3, 0.4) is 0 Å². The number of rotatable bonds is 10. The van der Waals surface area contributed by atoms with E-state index < -0.39 is 5.97 Å². The van der Waals surface area contributed by atoms with Crippen LogP contribution in [-0.4, -0.2) is 28.4 Å². The standard InChI is InChI=1S/C28H41NO3/c1-2-18-32-25-14-12-24(13-15-25)29-20-23(11-8-21-6-4-3-5-7-21)26-19-22(9-16-27(26)29)10-17-28(30)31/h12,14,16,19-22,24-25H,2-11,13,15,17-18H2,1H3,(H,30,31). The average molecular weight is 440 g/mol. The molecule has 0 aliphatic heterocycles. The lowest BCUT2D eigenvalue weighted by molar-refractivity contribution is -0.137. The molecule has 32 heavy (non-hydrogen) atoms. The highest BCUT2D eigenvalue weighted by Gasteiger charge is 2.22. The Hall–Kier alpha value is -1.81. The molecule has 0 amide bonds. The first-order valence-corrected chi connectivity index (χ1v) is 13.1. The van der Waals surface area contributed by atoms with Gasteiger partial charge in [0.05, 0.1) is 12.1 Å². The van der Waals surface area contributed by atoms with Gasteiger partial charge >= 0.3 is 5.97 Å². The van der Waals surface area contributed by atoms with Crippen LogP contribution in [0.1, 0.15) is 95.6 Å². The van der Waals surface area contributed by atoms with Gasteiger partial charge in [-0.15, -0.1) is 0 Å². The van der Waals surface area contributed by atoms with Gasteiger partial charge in [-0.1, -0.05) is 63.3 Å². The summed E-state index contributed by atoms with van der Waals surface area (Å²) in [5.41, 5.74) is 1.47. The highest BCUT2D eigenvalue weighted by Crippen LogP contribution is 2.28. The van der Waals surface area contributed by atoms with Crippen LogP contribution in [0, 0.1) is 11.8 Å². The van der Waals surface area contributed by atoms with Crippen molar-refractivity contribution in [2.45, 2.75) is 103 Å². The topological polar surface area (TPSA) is 51.5 Å². The first-order chi connectivity index (χ1) is 15.6. The van der Waals surface area contributed by atoms with E-state index in [1.807, 2.05) is 0 Å². The molecule has 4 nitrogen and oxygen atoms in total. The summed E-state index contributed by atoms with van der Waals surface area (Å²) in [6.45, 7) is 3.00. The van der Waals surface area contributed by atoms with Crippen molar-refractivity contribution in [2.75, 3.05) is 6.61 Å². The molecule has 1 fully saturated rings. The number of ether oxygens (including phenoxy) is 1. The lowest BCUT2D eigenvalue weighted by Crippen LogP contribution is -2.36. The van der Waals surface area contributed by atoms with Crippen molar-refractivity contribution >= 4 is 18.1 Å². The minimum Gasteiger partial charge on any atom is -0.481 e. The second kappa shape index (κ2) is 11.4. The van der Waals surface area contributed by atoms with Crippen molar-refractivity contribution in [3.05, 3.63) is 34.5 Å². The van der Waals surface area contributed by atoms with Crippen LogP contribution < -0.4 is 10.6 Å². The van der Waals surface area contributed by atoms with Crippen LogP contribution in [0.15, 0.2) is 18.3 Å². The molecule has 4 rings (SSSR count). The first kappa shape index (κ1) is 23.4. The van der Waals surface area contributed by atoms with E-state index in [1.54, 1.807) is 0 Å². The number of hydrogen-bond acceptors (Lipinski definition) is 2. The molecule has 3 atom stereocenters. The molecule has 1 heterocycles. The van der Waals surface area contributed by atoms with Gasteiger partial charge in [-0.2, -0.15) is 0 Å². The third kappa shape index (κ3) is 5.95. The number of aliphatic carboxylic acids is 1. The number of carboxylic acid groups (broad SMARTS) is 1. The zero-order chi connectivity index (χ0) is 22.3. The summed E-state index contributed by atoms with van der Waals surface area (Å²) in [6, 6.07) is 0.397. The first-order valence-electron chi connectivity index (χ1n) is 13.1. The van der Waals surface area contributed by atoms with Gasteiger partial charge in [0.2, 0.25) is 0 Å². The summed E-state index contributed by atoms with van der Waals surface area (Å²) < 4.78 is 8.44. The van der Waals surface area contributed by atoms with Crippen molar-refractivity contribution in [3.8, 4) is 0 Å². The van der Waals surface area contributed by atoms with Gasteiger partial charge in [0.1, 0.15) is 0 Å². The summed E-state index contributed by atoms with van der Waals surface area (Å²) in [7, 11) is 0. The van der Waals surface area contributed by atoms with Crippen LogP contribution in [0.5, 0.6) is 0 Å². The van der Waals surface area contributed by atoms with Gasteiger partial charge in [-0.05, 0) is 67.6 Å². The summed E-state index contributed by atoms with van der Waals surface area (Å²) in [4.78, 5) is 11.1. The summed E-state index contributed by atoms with van der Waals surface area (Å²) in [6.07, 6.45) is 26.7.